The van der Waals surface area contributed by atoms with Gasteiger partial charge >= 0.3 is 5.97 Å². The number of ether oxygens (including phenoxy) is 3. The van der Waals surface area contributed by atoms with Crippen LogP contribution in [-0.2, 0) is 27.4 Å². The van der Waals surface area contributed by atoms with Crippen molar-refractivity contribution in [2.45, 2.75) is 20.0 Å². The highest BCUT2D eigenvalue weighted by molar-refractivity contribution is 5.82. The normalized spacial score (nSPS) is 10.5. The standard InChI is InChI=1S/C22H23N3O6/c1-14-5-4-6-16-21(14)24-13-25(22(16)28)11-20(27)31-12-19(26)23-10-15-7-8-17(29-2)18(9-15)30-3/h4-9,13H,10-12H2,1-3H3,(H,23,26). The predicted molar refractivity (Wildman–Crippen MR) is 113 cm³/mol. The Labute approximate surface area is 178 Å². The van der Waals surface area contributed by atoms with Crippen molar-refractivity contribution in [3.8, 4) is 11.5 Å². The van der Waals surface area contributed by atoms with Crippen LogP contribution in [0.25, 0.3) is 10.9 Å². The molecule has 0 spiro atoms. The smallest absolute Gasteiger partial charge is 0.326 e. The number of esters is 1. The van der Waals surface area contributed by atoms with E-state index in [0.717, 1.165) is 15.7 Å². The van der Waals surface area contributed by atoms with E-state index in [1.165, 1.54) is 20.5 Å². The number of carbonyl (C=O) groups is 2. The third-order valence-electron chi connectivity index (χ3n) is 4.66. The predicted octanol–water partition coefficient (Wildman–Crippen LogP) is 1.58. The van der Waals surface area contributed by atoms with Crippen molar-refractivity contribution in [2.24, 2.45) is 0 Å². The first-order valence-electron chi connectivity index (χ1n) is 9.51. The van der Waals surface area contributed by atoms with E-state index in [4.69, 9.17) is 14.2 Å². The Bertz CT molecular complexity index is 1170. The first-order chi connectivity index (χ1) is 14.9. The number of hydrogen-bond acceptors (Lipinski definition) is 7. The van der Waals surface area contributed by atoms with Crippen molar-refractivity contribution >= 4 is 22.8 Å². The van der Waals surface area contributed by atoms with Crippen molar-refractivity contribution in [3.05, 3.63) is 64.2 Å². The Morgan fingerprint density at radius 2 is 1.87 bits per heavy atom. The number of fused-ring (bicyclic) bond motifs is 1. The molecule has 0 saturated carbocycles. The lowest BCUT2D eigenvalue weighted by Crippen LogP contribution is -2.31. The van der Waals surface area contributed by atoms with Crippen molar-refractivity contribution in [1.82, 2.24) is 14.9 Å². The van der Waals surface area contributed by atoms with Crippen LogP contribution in [-0.4, -0.2) is 42.3 Å². The number of methoxy groups -OCH3 is 2. The average molecular weight is 425 g/mol. The number of nitrogens with zero attached hydrogens (tertiary/aromatic N) is 2. The van der Waals surface area contributed by atoms with Gasteiger partial charge in [-0.25, -0.2) is 4.98 Å². The Morgan fingerprint density at radius 1 is 1.10 bits per heavy atom. The summed E-state index contributed by atoms with van der Waals surface area (Å²) in [6.45, 7) is 1.29. The van der Waals surface area contributed by atoms with Gasteiger partial charge in [0.25, 0.3) is 11.5 Å². The molecule has 0 aliphatic carbocycles. The number of benzene rings is 2. The number of carbonyl (C=O) groups excluding carboxylic acids is 2. The van der Waals surface area contributed by atoms with E-state index in [1.54, 1.807) is 30.3 Å². The zero-order valence-electron chi connectivity index (χ0n) is 17.5. The summed E-state index contributed by atoms with van der Waals surface area (Å²) in [5.74, 6) is -0.0506. The molecule has 1 amide bonds. The molecule has 9 heteroatoms. The van der Waals surface area contributed by atoms with E-state index >= 15 is 0 Å². The Hall–Kier alpha value is -3.88. The molecule has 0 radical (unpaired) electrons. The van der Waals surface area contributed by atoms with Gasteiger partial charge in [-0.2, -0.15) is 0 Å². The van der Waals surface area contributed by atoms with Gasteiger partial charge in [-0.05, 0) is 36.2 Å². The summed E-state index contributed by atoms with van der Waals surface area (Å²) >= 11 is 0. The molecule has 3 aromatic rings. The number of nitrogens with one attached hydrogen (secondary N) is 1. The molecule has 1 heterocycles. The third kappa shape index (κ3) is 5.19. The van der Waals surface area contributed by atoms with Gasteiger partial charge in [0.2, 0.25) is 0 Å². The van der Waals surface area contributed by atoms with E-state index in [9.17, 15) is 14.4 Å². The average Bonchev–Trinajstić information content (AvgIpc) is 2.78. The molecular formula is C22H23N3O6. The summed E-state index contributed by atoms with van der Waals surface area (Å²) in [6.07, 6.45) is 1.30. The van der Waals surface area contributed by atoms with Gasteiger partial charge in [-0.15, -0.1) is 0 Å². The Kier molecular flexibility index (Phi) is 6.86. The Morgan fingerprint density at radius 3 is 2.61 bits per heavy atom. The highest BCUT2D eigenvalue weighted by Gasteiger charge is 2.12. The molecule has 0 aliphatic rings. The fourth-order valence-corrected chi connectivity index (χ4v) is 3.02. The van der Waals surface area contributed by atoms with Gasteiger partial charge in [-0.1, -0.05) is 18.2 Å². The fraction of sp³-hybridized carbons (Fsp3) is 0.273. The Balaban J connectivity index is 1.53. The van der Waals surface area contributed by atoms with Crippen LogP contribution in [0.4, 0.5) is 0 Å². The quantitative estimate of drug-likeness (QED) is 0.546. The molecule has 0 aliphatic heterocycles. The maximum Gasteiger partial charge on any atom is 0.326 e. The van der Waals surface area contributed by atoms with Crippen LogP contribution in [0.15, 0.2) is 47.5 Å². The first kappa shape index (κ1) is 21.8. The SMILES string of the molecule is COc1ccc(CNC(=O)COC(=O)Cn2cnc3c(C)cccc3c2=O)cc1OC. The second-order valence-corrected chi connectivity index (χ2v) is 6.78. The van der Waals surface area contributed by atoms with E-state index < -0.39 is 18.5 Å². The maximum absolute atomic E-state index is 12.5. The summed E-state index contributed by atoms with van der Waals surface area (Å²) < 4.78 is 16.5. The monoisotopic (exact) mass is 425 g/mol. The van der Waals surface area contributed by atoms with Crippen molar-refractivity contribution < 1.29 is 23.8 Å². The third-order valence-corrected chi connectivity index (χ3v) is 4.66. The topological polar surface area (TPSA) is 109 Å². The zero-order chi connectivity index (χ0) is 22.4. The van der Waals surface area contributed by atoms with Gasteiger partial charge in [0.1, 0.15) is 6.54 Å². The van der Waals surface area contributed by atoms with Gasteiger partial charge in [0.15, 0.2) is 18.1 Å². The number of aromatic nitrogens is 2. The number of para-hydroxylation sites is 1. The second-order valence-electron chi connectivity index (χ2n) is 6.78. The molecule has 0 unspecified atom stereocenters. The fourth-order valence-electron chi connectivity index (χ4n) is 3.02. The summed E-state index contributed by atoms with van der Waals surface area (Å²) in [7, 11) is 3.06. The van der Waals surface area contributed by atoms with Crippen LogP contribution in [0.1, 0.15) is 11.1 Å². The maximum atomic E-state index is 12.5. The van der Waals surface area contributed by atoms with Crippen molar-refractivity contribution in [3.63, 3.8) is 0 Å². The zero-order valence-corrected chi connectivity index (χ0v) is 17.5. The molecule has 2 aromatic carbocycles. The van der Waals surface area contributed by atoms with Crippen LogP contribution in [0, 0.1) is 6.92 Å². The van der Waals surface area contributed by atoms with E-state index in [2.05, 4.69) is 10.3 Å². The lowest BCUT2D eigenvalue weighted by Gasteiger charge is -2.11. The highest BCUT2D eigenvalue weighted by Crippen LogP contribution is 2.27. The van der Waals surface area contributed by atoms with Crippen LogP contribution in [0.2, 0.25) is 0 Å². The molecule has 0 fully saturated rings. The van der Waals surface area contributed by atoms with Crippen LogP contribution in [0.3, 0.4) is 0 Å². The lowest BCUT2D eigenvalue weighted by molar-refractivity contribution is -0.149. The van der Waals surface area contributed by atoms with E-state index in [0.29, 0.717) is 22.4 Å². The number of hydrogen-bond donors (Lipinski definition) is 1. The minimum absolute atomic E-state index is 0.226. The van der Waals surface area contributed by atoms with Crippen LogP contribution in [0.5, 0.6) is 11.5 Å². The number of rotatable bonds is 8. The highest BCUT2D eigenvalue weighted by atomic mass is 16.5. The summed E-state index contributed by atoms with van der Waals surface area (Å²) in [4.78, 5) is 40.8. The van der Waals surface area contributed by atoms with Crippen molar-refractivity contribution in [1.29, 1.82) is 0 Å². The van der Waals surface area contributed by atoms with Gasteiger partial charge < -0.3 is 19.5 Å². The summed E-state index contributed by atoms with van der Waals surface area (Å²) in [5, 5.41) is 3.07. The molecule has 0 bridgehead atoms. The minimum Gasteiger partial charge on any atom is -0.493 e. The van der Waals surface area contributed by atoms with Gasteiger partial charge in [-0.3, -0.25) is 19.0 Å². The minimum atomic E-state index is -0.711. The molecule has 1 aromatic heterocycles. The van der Waals surface area contributed by atoms with Gasteiger partial charge in [0, 0.05) is 6.54 Å². The molecule has 9 nitrogen and oxygen atoms in total. The largest absolute Gasteiger partial charge is 0.493 e. The molecule has 0 atom stereocenters. The molecule has 162 valence electrons. The summed E-state index contributed by atoms with van der Waals surface area (Å²) in [6, 6.07) is 10.5. The molecule has 0 saturated heterocycles. The van der Waals surface area contributed by atoms with Crippen LogP contribution >= 0.6 is 0 Å². The number of aryl methyl sites for hydroxylation is 1. The van der Waals surface area contributed by atoms with Crippen LogP contribution < -0.4 is 20.3 Å². The van der Waals surface area contributed by atoms with Gasteiger partial charge in [0.05, 0.1) is 31.4 Å². The van der Waals surface area contributed by atoms with Crippen molar-refractivity contribution in [2.75, 3.05) is 20.8 Å². The van der Waals surface area contributed by atoms with E-state index in [1.807, 2.05) is 13.0 Å². The first-order valence-corrected chi connectivity index (χ1v) is 9.51. The second kappa shape index (κ2) is 9.75. The molecule has 3 rings (SSSR count). The van der Waals surface area contributed by atoms with E-state index in [-0.39, 0.29) is 18.6 Å². The lowest BCUT2D eigenvalue weighted by atomic mass is 10.1. The molecular weight excluding hydrogens is 402 g/mol. The number of amides is 1. The molecule has 1 N–H and O–H groups in total. The molecule has 31 heavy (non-hydrogen) atoms. The summed E-state index contributed by atoms with van der Waals surface area (Å²) in [5.41, 5.74) is 1.91.